The Bertz CT molecular complexity index is 925. The van der Waals surface area contributed by atoms with Crippen LogP contribution in [0.1, 0.15) is 51.4 Å². The van der Waals surface area contributed by atoms with Crippen LogP contribution in [0.5, 0.6) is 0 Å². The topological polar surface area (TPSA) is 112 Å². The molecule has 0 spiro atoms. The van der Waals surface area contributed by atoms with Gasteiger partial charge in [0.2, 0.25) is 18.1 Å². The fourth-order valence-electron chi connectivity index (χ4n) is 5.23. The van der Waals surface area contributed by atoms with E-state index in [4.69, 9.17) is 9.57 Å². The monoisotopic (exact) mass is 553 g/mol. The zero-order valence-corrected chi connectivity index (χ0v) is 23.2. The number of hydrazine groups is 1. The van der Waals surface area contributed by atoms with Crippen molar-refractivity contribution in [1.29, 1.82) is 0 Å². The van der Waals surface area contributed by atoms with Crippen molar-refractivity contribution in [2.75, 3.05) is 63.0 Å². The number of hydrogen-bond acceptors (Lipinski definition) is 10. The first-order valence-corrected chi connectivity index (χ1v) is 14.8. The van der Waals surface area contributed by atoms with Crippen molar-refractivity contribution < 1.29 is 23.6 Å². The molecular formula is C25H40FN7O4S. The highest BCUT2D eigenvalue weighted by Crippen LogP contribution is 2.31. The van der Waals surface area contributed by atoms with Gasteiger partial charge in [0, 0.05) is 39.2 Å². The molecule has 0 aromatic carbocycles. The number of thioether (sulfide) groups is 1. The van der Waals surface area contributed by atoms with Crippen molar-refractivity contribution in [3.8, 4) is 0 Å². The van der Waals surface area contributed by atoms with Gasteiger partial charge in [-0.3, -0.25) is 20.4 Å². The van der Waals surface area contributed by atoms with E-state index in [0.29, 0.717) is 50.0 Å². The van der Waals surface area contributed by atoms with E-state index in [1.165, 1.54) is 11.8 Å². The minimum absolute atomic E-state index is 0.0784. The number of carbonyl (C=O) groups is 2. The van der Waals surface area contributed by atoms with Gasteiger partial charge >= 0.3 is 0 Å². The fraction of sp³-hybridized carbons (Fsp3) is 0.760. The Morgan fingerprint density at radius 2 is 1.95 bits per heavy atom. The van der Waals surface area contributed by atoms with Crippen LogP contribution in [0.15, 0.2) is 5.16 Å². The maximum atomic E-state index is 15.5. The van der Waals surface area contributed by atoms with Crippen LogP contribution in [0.2, 0.25) is 0 Å². The number of ether oxygens (including phenoxy) is 1. The molecule has 1 aromatic rings. The summed E-state index contributed by atoms with van der Waals surface area (Å²) in [5, 5.41) is 1.57. The third-order valence-electron chi connectivity index (χ3n) is 7.47. The molecular weight excluding hydrogens is 513 g/mol. The lowest BCUT2D eigenvalue weighted by Crippen LogP contribution is -2.45. The highest BCUT2D eigenvalue weighted by atomic mass is 32.2. The molecule has 0 bridgehead atoms. The van der Waals surface area contributed by atoms with Gasteiger partial charge in [-0.05, 0) is 38.5 Å². The summed E-state index contributed by atoms with van der Waals surface area (Å²) in [5.41, 5.74) is 5.36. The SMILES string of the molecule is CSc1nc(NNC(=O)[C@@H](CC2CCCC2)CN(C=O)OC2CCCCO2)c(F)c(N2CCN(C)CC2)n1. The van der Waals surface area contributed by atoms with Crippen LogP contribution in [-0.2, 0) is 19.2 Å². The molecule has 1 saturated carbocycles. The summed E-state index contributed by atoms with van der Waals surface area (Å²) in [6.07, 6.45) is 9.55. The van der Waals surface area contributed by atoms with Crippen molar-refractivity contribution in [3.63, 3.8) is 0 Å². The van der Waals surface area contributed by atoms with Crippen molar-refractivity contribution >= 4 is 35.7 Å². The maximum absolute atomic E-state index is 15.5. The number of rotatable bonds is 12. The smallest absolute Gasteiger partial charge is 0.243 e. The fourth-order valence-corrected chi connectivity index (χ4v) is 5.59. The molecule has 3 aliphatic rings. The summed E-state index contributed by atoms with van der Waals surface area (Å²) in [7, 11) is 2.03. The number of piperazine rings is 1. The minimum atomic E-state index is -0.604. The first-order valence-electron chi connectivity index (χ1n) is 13.6. The van der Waals surface area contributed by atoms with Gasteiger partial charge in [0.05, 0.1) is 12.5 Å². The lowest BCUT2D eigenvalue weighted by Gasteiger charge is -2.33. The second-order valence-corrected chi connectivity index (χ2v) is 11.1. The lowest BCUT2D eigenvalue weighted by atomic mass is 9.92. The summed E-state index contributed by atoms with van der Waals surface area (Å²) < 4.78 is 21.1. The minimum Gasteiger partial charge on any atom is -0.351 e. The van der Waals surface area contributed by atoms with Crippen LogP contribution in [0.4, 0.5) is 16.0 Å². The molecule has 2 N–H and O–H groups in total. The molecule has 2 aliphatic heterocycles. The summed E-state index contributed by atoms with van der Waals surface area (Å²) in [4.78, 5) is 43.6. The first kappa shape index (κ1) is 28.8. The highest BCUT2D eigenvalue weighted by Gasteiger charge is 2.30. The van der Waals surface area contributed by atoms with E-state index in [-0.39, 0.29) is 24.1 Å². The molecule has 3 heterocycles. The molecule has 2 atom stereocenters. The molecule has 38 heavy (non-hydrogen) atoms. The number of hydrogen-bond donors (Lipinski definition) is 2. The molecule has 13 heteroatoms. The van der Waals surface area contributed by atoms with Gasteiger partial charge in [-0.2, -0.15) is 4.39 Å². The normalized spacial score (nSPS) is 21.8. The molecule has 11 nitrogen and oxygen atoms in total. The zero-order chi connectivity index (χ0) is 26.9. The summed E-state index contributed by atoms with van der Waals surface area (Å²) in [6.45, 7) is 3.59. The number of amides is 2. The maximum Gasteiger partial charge on any atom is 0.243 e. The molecule has 212 valence electrons. The number of anilines is 2. The van der Waals surface area contributed by atoms with Crippen molar-refractivity contribution in [3.05, 3.63) is 5.82 Å². The second kappa shape index (κ2) is 14.2. The first-order chi connectivity index (χ1) is 18.5. The van der Waals surface area contributed by atoms with Gasteiger partial charge < -0.3 is 14.5 Å². The number of halogens is 1. The Labute approximate surface area is 228 Å². The van der Waals surface area contributed by atoms with Crippen LogP contribution in [0.3, 0.4) is 0 Å². The number of nitrogens with one attached hydrogen (secondary N) is 2. The summed E-state index contributed by atoms with van der Waals surface area (Å²) >= 11 is 1.31. The van der Waals surface area contributed by atoms with Gasteiger partial charge in [0.15, 0.2) is 23.1 Å². The van der Waals surface area contributed by atoms with Crippen LogP contribution in [0.25, 0.3) is 0 Å². The Hall–Kier alpha value is -2.22. The summed E-state index contributed by atoms with van der Waals surface area (Å²) in [6, 6.07) is 0. The lowest BCUT2D eigenvalue weighted by molar-refractivity contribution is -0.276. The molecule has 2 saturated heterocycles. The second-order valence-electron chi connectivity index (χ2n) is 10.3. The molecule has 3 fully saturated rings. The van der Waals surface area contributed by atoms with Crippen molar-refractivity contribution in [2.24, 2.45) is 11.8 Å². The van der Waals surface area contributed by atoms with Crippen LogP contribution < -0.4 is 15.8 Å². The molecule has 1 unspecified atom stereocenters. The van der Waals surface area contributed by atoms with E-state index >= 15 is 4.39 Å². The molecule has 0 radical (unpaired) electrons. The standard InChI is InChI=1S/C25H40FN7O4S/c1-31-10-12-32(13-11-31)23-21(26)22(27-25(28-23)38-2)29-30-24(35)19(15-18-7-3-4-8-18)16-33(17-34)37-20-9-5-6-14-36-20/h17-20H,3-16H2,1-2H3,(H,30,35)(H,27,28,29)/t19-,20?/m0/s1. The van der Waals surface area contributed by atoms with Crippen molar-refractivity contribution in [2.45, 2.75) is 62.8 Å². The van der Waals surface area contributed by atoms with E-state index in [9.17, 15) is 9.59 Å². The average molecular weight is 554 g/mol. The molecule has 1 aliphatic carbocycles. The molecule has 1 aromatic heterocycles. The number of nitrogens with zero attached hydrogens (tertiary/aromatic N) is 5. The average Bonchev–Trinajstić information content (AvgIpc) is 3.46. The van der Waals surface area contributed by atoms with E-state index in [1.807, 2.05) is 18.2 Å². The van der Waals surface area contributed by atoms with Crippen LogP contribution >= 0.6 is 11.8 Å². The number of carbonyl (C=O) groups excluding carboxylic acids is 2. The highest BCUT2D eigenvalue weighted by molar-refractivity contribution is 7.98. The third kappa shape index (κ3) is 7.90. The van der Waals surface area contributed by atoms with Gasteiger partial charge in [-0.15, -0.1) is 0 Å². The van der Waals surface area contributed by atoms with E-state index in [1.54, 1.807) is 0 Å². The van der Waals surface area contributed by atoms with E-state index in [2.05, 4.69) is 25.7 Å². The van der Waals surface area contributed by atoms with Crippen LogP contribution in [0, 0.1) is 17.7 Å². The predicted molar refractivity (Wildman–Crippen MR) is 143 cm³/mol. The van der Waals surface area contributed by atoms with Gasteiger partial charge in [0.1, 0.15) is 0 Å². The Morgan fingerprint density at radius 3 is 2.61 bits per heavy atom. The molecule has 4 rings (SSSR count). The quantitative estimate of drug-likeness (QED) is 0.173. The van der Waals surface area contributed by atoms with Gasteiger partial charge in [0.25, 0.3) is 0 Å². The van der Waals surface area contributed by atoms with E-state index in [0.717, 1.165) is 56.7 Å². The zero-order valence-electron chi connectivity index (χ0n) is 22.4. The number of likely N-dealkylation sites (N-methyl/N-ethyl adjacent to an activating group) is 1. The third-order valence-corrected chi connectivity index (χ3v) is 8.02. The molecule has 2 amide bonds. The Morgan fingerprint density at radius 1 is 1.21 bits per heavy atom. The van der Waals surface area contributed by atoms with Crippen LogP contribution in [-0.4, -0.2) is 91.2 Å². The van der Waals surface area contributed by atoms with E-state index < -0.39 is 18.0 Å². The van der Waals surface area contributed by atoms with Crippen molar-refractivity contribution in [1.82, 2.24) is 25.4 Å². The Kier molecular flexibility index (Phi) is 10.8. The largest absolute Gasteiger partial charge is 0.351 e. The van der Waals surface area contributed by atoms with Gasteiger partial charge in [-0.1, -0.05) is 37.4 Å². The number of hydroxylamine groups is 2. The number of aromatic nitrogens is 2. The summed E-state index contributed by atoms with van der Waals surface area (Å²) in [5.74, 6) is -0.946. The predicted octanol–water partition coefficient (Wildman–Crippen LogP) is 2.65. The van der Waals surface area contributed by atoms with Gasteiger partial charge in [-0.25, -0.2) is 19.9 Å². The Balaban J connectivity index is 1.43.